The molecule has 2 atom stereocenters. The van der Waals surface area contributed by atoms with Crippen LogP contribution < -0.4 is 5.32 Å². The van der Waals surface area contributed by atoms with Crippen LogP contribution in [0, 0.1) is 5.92 Å². The van der Waals surface area contributed by atoms with E-state index in [-0.39, 0.29) is 6.09 Å². The number of rotatable bonds is 5. The molecule has 0 aromatic heterocycles. The fraction of sp³-hybridized carbons (Fsp3) is 0.933. The van der Waals surface area contributed by atoms with Gasteiger partial charge in [-0.25, -0.2) is 4.79 Å². The highest BCUT2D eigenvalue weighted by atomic mass is 16.6. The van der Waals surface area contributed by atoms with Crippen LogP contribution in [0.15, 0.2) is 0 Å². The quantitative estimate of drug-likeness (QED) is 0.842. The molecule has 0 radical (unpaired) electrons. The number of hydrogen-bond donors (Lipinski definition) is 1. The van der Waals surface area contributed by atoms with Crippen molar-refractivity contribution in [1.82, 2.24) is 10.2 Å². The Kier molecular flexibility index (Phi) is 6.76. The van der Waals surface area contributed by atoms with Gasteiger partial charge in [0.25, 0.3) is 0 Å². The van der Waals surface area contributed by atoms with Gasteiger partial charge in [-0.3, -0.25) is 0 Å². The second kappa shape index (κ2) is 7.84. The standard InChI is InChI=1S/C15H30N2O3/c1-12(11-19-5)9-16-13-7-6-8-17(10-13)14(18)20-15(2,3)4/h12-13,16H,6-11H2,1-5H3. The lowest BCUT2D eigenvalue weighted by atomic mass is 10.1. The monoisotopic (exact) mass is 286 g/mol. The second-order valence-electron chi connectivity index (χ2n) is 6.73. The third-order valence-electron chi connectivity index (χ3n) is 3.28. The number of carbonyl (C=O) groups excluding carboxylic acids is 1. The highest BCUT2D eigenvalue weighted by molar-refractivity contribution is 5.68. The minimum absolute atomic E-state index is 0.200. The zero-order chi connectivity index (χ0) is 15.2. The molecular weight excluding hydrogens is 256 g/mol. The van der Waals surface area contributed by atoms with Crippen molar-refractivity contribution >= 4 is 6.09 Å². The molecule has 0 spiro atoms. The van der Waals surface area contributed by atoms with E-state index in [9.17, 15) is 4.79 Å². The van der Waals surface area contributed by atoms with Crippen molar-refractivity contribution < 1.29 is 14.3 Å². The van der Waals surface area contributed by atoms with Crippen molar-refractivity contribution in [3.05, 3.63) is 0 Å². The third-order valence-corrected chi connectivity index (χ3v) is 3.28. The molecule has 5 nitrogen and oxygen atoms in total. The Bertz CT molecular complexity index is 302. The number of nitrogens with zero attached hydrogens (tertiary/aromatic N) is 1. The van der Waals surface area contributed by atoms with Crippen LogP contribution in [0.2, 0.25) is 0 Å². The maximum atomic E-state index is 12.1. The van der Waals surface area contributed by atoms with E-state index < -0.39 is 5.60 Å². The molecule has 1 rings (SSSR count). The van der Waals surface area contributed by atoms with Crippen LogP contribution in [0.1, 0.15) is 40.5 Å². The molecule has 1 N–H and O–H groups in total. The summed E-state index contributed by atoms with van der Waals surface area (Å²) in [6.07, 6.45) is 1.93. The van der Waals surface area contributed by atoms with E-state index in [0.717, 1.165) is 39.1 Å². The first kappa shape index (κ1) is 17.2. The van der Waals surface area contributed by atoms with E-state index in [2.05, 4.69) is 12.2 Å². The van der Waals surface area contributed by atoms with E-state index in [1.54, 1.807) is 7.11 Å². The van der Waals surface area contributed by atoms with Crippen LogP contribution in [-0.4, -0.2) is 56.0 Å². The lowest BCUT2D eigenvalue weighted by molar-refractivity contribution is 0.0185. The number of amides is 1. The lowest BCUT2D eigenvalue weighted by Crippen LogP contribution is -2.50. The Morgan fingerprint density at radius 3 is 2.75 bits per heavy atom. The molecule has 1 heterocycles. The molecule has 1 amide bonds. The fourth-order valence-electron chi connectivity index (χ4n) is 2.35. The SMILES string of the molecule is COCC(C)CNC1CCCN(C(=O)OC(C)(C)C)C1. The Morgan fingerprint density at radius 1 is 1.45 bits per heavy atom. The Morgan fingerprint density at radius 2 is 2.15 bits per heavy atom. The summed E-state index contributed by atoms with van der Waals surface area (Å²) in [5.41, 5.74) is -0.426. The largest absolute Gasteiger partial charge is 0.444 e. The van der Waals surface area contributed by atoms with Crippen molar-refractivity contribution in [3.63, 3.8) is 0 Å². The van der Waals surface area contributed by atoms with Crippen molar-refractivity contribution in [2.75, 3.05) is 33.4 Å². The molecule has 1 aliphatic heterocycles. The molecular formula is C15H30N2O3. The van der Waals surface area contributed by atoms with Crippen molar-refractivity contribution in [1.29, 1.82) is 0 Å². The van der Waals surface area contributed by atoms with Gasteiger partial charge < -0.3 is 19.7 Å². The number of ether oxygens (including phenoxy) is 2. The number of piperidine rings is 1. The first-order chi connectivity index (χ1) is 9.31. The first-order valence-electron chi connectivity index (χ1n) is 7.52. The highest BCUT2D eigenvalue weighted by Crippen LogP contribution is 2.15. The minimum Gasteiger partial charge on any atom is -0.444 e. The highest BCUT2D eigenvalue weighted by Gasteiger charge is 2.27. The van der Waals surface area contributed by atoms with E-state index in [1.807, 2.05) is 25.7 Å². The molecule has 2 unspecified atom stereocenters. The Hall–Kier alpha value is -0.810. The van der Waals surface area contributed by atoms with E-state index in [1.165, 1.54) is 0 Å². The maximum absolute atomic E-state index is 12.1. The number of methoxy groups -OCH3 is 1. The molecule has 1 aliphatic rings. The second-order valence-corrected chi connectivity index (χ2v) is 6.73. The number of carbonyl (C=O) groups is 1. The van der Waals surface area contributed by atoms with Gasteiger partial charge in [-0.15, -0.1) is 0 Å². The normalized spacial score (nSPS) is 21.6. The predicted octanol–water partition coefficient (Wildman–Crippen LogP) is 2.26. The molecule has 0 aliphatic carbocycles. The van der Waals surface area contributed by atoms with Gasteiger partial charge in [0.1, 0.15) is 5.60 Å². The van der Waals surface area contributed by atoms with Gasteiger partial charge in [-0.2, -0.15) is 0 Å². The van der Waals surface area contributed by atoms with Crippen LogP contribution in [0.5, 0.6) is 0 Å². The van der Waals surface area contributed by atoms with Crippen molar-refractivity contribution in [3.8, 4) is 0 Å². The molecule has 0 aromatic carbocycles. The number of hydrogen-bond acceptors (Lipinski definition) is 4. The van der Waals surface area contributed by atoms with Crippen LogP contribution >= 0.6 is 0 Å². The summed E-state index contributed by atoms with van der Waals surface area (Å²) in [7, 11) is 1.72. The lowest BCUT2D eigenvalue weighted by Gasteiger charge is -2.35. The smallest absolute Gasteiger partial charge is 0.410 e. The average molecular weight is 286 g/mol. The van der Waals surface area contributed by atoms with Gasteiger partial charge in [-0.05, 0) is 39.5 Å². The summed E-state index contributed by atoms with van der Waals surface area (Å²) < 4.78 is 10.6. The number of likely N-dealkylation sites (tertiary alicyclic amines) is 1. The average Bonchev–Trinajstić information content (AvgIpc) is 2.35. The van der Waals surface area contributed by atoms with Gasteiger partial charge in [0, 0.05) is 39.4 Å². The molecule has 0 aromatic rings. The third kappa shape index (κ3) is 6.57. The number of nitrogens with one attached hydrogen (secondary N) is 1. The van der Waals surface area contributed by atoms with Gasteiger partial charge in [-0.1, -0.05) is 6.92 Å². The molecule has 20 heavy (non-hydrogen) atoms. The molecule has 118 valence electrons. The zero-order valence-electron chi connectivity index (χ0n) is 13.6. The van der Waals surface area contributed by atoms with Crippen LogP contribution in [0.4, 0.5) is 4.79 Å². The zero-order valence-corrected chi connectivity index (χ0v) is 13.6. The van der Waals surface area contributed by atoms with E-state index in [4.69, 9.17) is 9.47 Å². The van der Waals surface area contributed by atoms with Crippen LogP contribution in [0.3, 0.4) is 0 Å². The van der Waals surface area contributed by atoms with Crippen LogP contribution in [0.25, 0.3) is 0 Å². The van der Waals surface area contributed by atoms with Crippen molar-refractivity contribution in [2.24, 2.45) is 5.92 Å². The summed E-state index contributed by atoms with van der Waals surface area (Å²) in [5.74, 6) is 0.483. The molecule has 1 saturated heterocycles. The summed E-state index contributed by atoms with van der Waals surface area (Å²) in [4.78, 5) is 13.9. The van der Waals surface area contributed by atoms with Gasteiger partial charge in [0.05, 0.1) is 0 Å². The maximum Gasteiger partial charge on any atom is 0.410 e. The molecule has 5 heteroatoms. The Balaban J connectivity index is 2.36. The first-order valence-corrected chi connectivity index (χ1v) is 7.52. The Labute approximate surface area is 123 Å². The molecule has 0 saturated carbocycles. The molecule has 0 bridgehead atoms. The fourth-order valence-corrected chi connectivity index (χ4v) is 2.35. The summed E-state index contributed by atoms with van der Waals surface area (Å²) in [6, 6.07) is 0.357. The summed E-state index contributed by atoms with van der Waals surface area (Å²) >= 11 is 0. The van der Waals surface area contributed by atoms with Gasteiger partial charge >= 0.3 is 6.09 Å². The predicted molar refractivity (Wildman–Crippen MR) is 79.9 cm³/mol. The van der Waals surface area contributed by atoms with E-state index >= 15 is 0 Å². The van der Waals surface area contributed by atoms with E-state index in [0.29, 0.717) is 12.0 Å². The topological polar surface area (TPSA) is 50.8 Å². The summed E-state index contributed by atoms with van der Waals surface area (Å²) in [6.45, 7) is 11.1. The minimum atomic E-state index is -0.426. The molecule has 1 fully saturated rings. The van der Waals surface area contributed by atoms with Crippen LogP contribution in [-0.2, 0) is 9.47 Å². The van der Waals surface area contributed by atoms with Gasteiger partial charge in [0.15, 0.2) is 0 Å². The van der Waals surface area contributed by atoms with Crippen molar-refractivity contribution in [2.45, 2.75) is 52.2 Å². The van der Waals surface area contributed by atoms with Gasteiger partial charge in [0.2, 0.25) is 0 Å². The summed E-state index contributed by atoms with van der Waals surface area (Å²) in [5, 5.41) is 3.52.